The van der Waals surface area contributed by atoms with Crippen molar-refractivity contribution in [1.29, 1.82) is 0 Å². The van der Waals surface area contributed by atoms with Crippen LogP contribution in [0.5, 0.6) is 0 Å². The highest BCUT2D eigenvalue weighted by atomic mass is 127. The fraction of sp³-hybridized carbons (Fsp3) is 0.636. The monoisotopic (exact) mass is 513 g/mol. The van der Waals surface area contributed by atoms with E-state index in [-0.39, 0.29) is 35.3 Å². The number of guanidine groups is 1. The molecule has 162 valence electrons. The van der Waals surface area contributed by atoms with Crippen LogP contribution in [0.4, 0.5) is 5.69 Å². The van der Waals surface area contributed by atoms with Gasteiger partial charge in [-0.1, -0.05) is 31.0 Å². The van der Waals surface area contributed by atoms with Crippen LogP contribution in [-0.2, 0) is 4.79 Å². The lowest BCUT2D eigenvalue weighted by Crippen LogP contribution is -2.49. The second-order valence-electron chi connectivity index (χ2n) is 8.43. The number of nitrogens with zero attached hydrogens (tertiary/aromatic N) is 3. The Labute approximate surface area is 192 Å². The van der Waals surface area contributed by atoms with Crippen molar-refractivity contribution in [2.45, 2.75) is 32.1 Å². The number of halogens is 1. The summed E-state index contributed by atoms with van der Waals surface area (Å²) in [6.45, 7) is 3.72. The van der Waals surface area contributed by atoms with Crippen LogP contribution in [-0.4, -0.2) is 64.1 Å². The molecule has 1 aliphatic carbocycles. The van der Waals surface area contributed by atoms with E-state index in [9.17, 15) is 4.79 Å². The van der Waals surface area contributed by atoms with Crippen molar-refractivity contribution in [2.75, 3.05) is 52.2 Å². The Bertz CT molecular complexity index is 673. The van der Waals surface area contributed by atoms with Gasteiger partial charge in [-0.15, -0.1) is 24.0 Å². The number of nitrogens with one attached hydrogen (secondary N) is 2. The van der Waals surface area contributed by atoms with Crippen LogP contribution in [0, 0.1) is 11.3 Å². The van der Waals surface area contributed by atoms with E-state index in [1.807, 2.05) is 14.1 Å². The van der Waals surface area contributed by atoms with E-state index in [4.69, 9.17) is 0 Å². The lowest BCUT2D eigenvalue weighted by molar-refractivity contribution is -0.138. The molecule has 1 amide bonds. The van der Waals surface area contributed by atoms with Crippen molar-refractivity contribution in [3.8, 4) is 0 Å². The second-order valence-corrected chi connectivity index (χ2v) is 8.43. The Balaban J connectivity index is 0.00000300. The van der Waals surface area contributed by atoms with Gasteiger partial charge in [0.1, 0.15) is 0 Å². The first-order valence-corrected chi connectivity index (χ1v) is 10.5. The molecule has 0 bridgehead atoms. The van der Waals surface area contributed by atoms with Crippen molar-refractivity contribution in [1.82, 2.24) is 15.5 Å². The van der Waals surface area contributed by atoms with E-state index in [0.717, 1.165) is 51.3 Å². The quantitative estimate of drug-likeness (QED) is 0.349. The maximum atomic E-state index is 12.7. The molecule has 6 nitrogen and oxygen atoms in total. The molecule has 1 aromatic rings. The third kappa shape index (κ3) is 5.99. The highest BCUT2D eigenvalue weighted by Crippen LogP contribution is 2.38. The van der Waals surface area contributed by atoms with Crippen molar-refractivity contribution >= 4 is 41.5 Å². The van der Waals surface area contributed by atoms with Gasteiger partial charge in [0.05, 0.1) is 5.41 Å². The third-order valence-electron chi connectivity index (χ3n) is 6.20. The summed E-state index contributed by atoms with van der Waals surface area (Å²) >= 11 is 0. The molecule has 1 saturated carbocycles. The van der Waals surface area contributed by atoms with Crippen LogP contribution >= 0.6 is 24.0 Å². The number of anilines is 1. The summed E-state index contributed by atoms with van der Waals surface area (Å²) in [5.41, 5.74) is 1.02. The molecule has 1 aromatic carbocycles. The zero-order valence-electron chi connectivity index (χ0n) is 18.0. The van der Waals surface area contributed by atoms with Crippen LogP contribution in [0.2, 0.25) is 0 Å². The minimum Gasteiger partial charge on any atom is -0.371 e. The molecule has 0 spiro atoms. The van der Waals surface area contributed by atoms with E-state index in [1.54, 1.807) is 11.9 Å². The molecule has 0 aromatic heterocycles. The summed E-state index contributed by atoms with van der Waals surface area (Å²) in [6, 6.07) is 10.6. The summed E-state index contributed by atoms with van der Waals surface area (Å²) in [4.78, 5) is 21.3. The Morgan fingerprint density at radius 1 is 1.21 bits per heavy atom. The van der Waals surface area contributed by atoms with Gasteiger partial charge >= 0.3 is 0 Å². The molecule has 1 unspecified atom stereocenters. The molecule has 29 heavy (non-hydrogen) atoms. The van der Waals surface area contributed by atoms with Gasteiger partial charge in [0.15, 0.2) is 5.96 Å². The maximum Gasteiger partial charge on any atom is 0.230 e. The first-order chi connectivity index (χ1) is 13.5. The van der Waals surface area contributed by atoms with Gasteiger partial charge in [-0.25, -0.2) is 0 Å². The smallest absolute Gasteiger partial charge is 0.230 e. The van der Waals surface area contributed by atoms with E-state index in [1.165, 1.54) is 12.1 Å². The van der Waals surface area contributed by atoms with E-state index < -0.39 is 0 Å². The molecule has 2 N–H and O–H groups in total. The molecule has 7 heteroatoms. The number of aliphatic imine (C=N–C) groups is 1. The number of para-hydroxylation sites is 1. The standard InChI is InChI=1S/C22H35N5O.HI/c1-23-21(25-17-22(12-7-8-13-22)20(28)26(2)3)24-15-18-11-14-27(16-18)19-9-5-4-6-10-19;/h4-6,9-10,18H,7-8,11-17H2,1-3H3,(H2,23,24,25);1H. The highest BCUT2D eigenvalue weighted by molar-refractivity contribution is 14.0. The summed E-state index contributed by atoms with van der Waals surface area (Å²) < 4.78 is 0. The molecular formula is C22H36IN5O. The van der Waals surface area contributed by atoms with Crippen molar-refractivity contribution in [3.63, 3.8) is 0 Å². The van der Waals surface area contributed by atoms with Crippen molar-refractivity contribution in [2.24, 2.45) is 16.3 Å². The van der Waals surface area contributed by atoms with Crippen LogP contribution in [0.25, 0.3) is 0 Å². The van der Waals surface area contributed by atoms with Crippen molar-refractivity contribution in [3.05, 3.63) is 30.3 Å². The fourth-order valence-corrected chi connectivity index (χ4v) is 4.58. The molecule has 1 aliphatic heterocycles. The Morgan fingerprint density at radius 3 is 2.52 bits per heavy atom. The minimum atomic E-state index is -0.279. The molecule has 1 heterocycles. The van der Waals surface area contributed by atoms with Gasteiger partial charge in [0.2, 0.25) is 5.91 Å². The molecule has 1 saturated heterocycles. The number of hydrogen-bond donors (Lipinski definition) is 2. The van der Waals surface area contributed by atoms with Gasteiger partial charge in [-0.3, -0.25) is 9.79 Å². The van der Waals surface area contributed by atoms with Gasteiger partial charge in [0.25, 0.3) is 0 Å². The lowest BCUT2D eigenvalue weighted by Gasteiger charge is -2.31. The molecule has 2 aliphatic rings. The van der Waals surface area contributed by atoms with E-state index in [0.29, 0.717) is 12.5 Å². The van der Waals surface area contributed by atoms with Gasteiger partial charge in [0, 0.05) is 53.0 Å². The van der Waals surface area contributed by atoms with E-state index >= 15 is 0 Å². The fourth-order valence-electron chi connectivity index (χ4n) is 4.58. The first kappa shape index (κ1) is 23.8. The predicted octanol–water partition coefficient (Wildman–Crippen LogP) is 2.94. The second kappa shape index (κ2) is 11.0. The maximum absolute atomic E-state index is 12.7. The average molecular weight is 513 g/mol. The minimum absolute atomic E-state index is 0. The van der Waals surface area contributed by atoms with Crippen LogP contribution < -0.4 is 15.5 Å². The Hall–Kier alpha value is -1.51. The highest BCUT2D eigenvalue weighted by Gasteiger charge is 2.42. The molecule has 0 radical (unpaired) electrons. The first-order valence-electron chi connectivity index (χ1n) is 10.5. The van der Waals surface area contributed by atoms with Crippen molar-refractivity contribution < 1.29 is 4.79 Å². The summed E-state index contributed by atoms with van der Waals surface area (Å²) in [5, 5.41) is 6.91. The number of carbonyl (C=O) groups excluding carboxylic acids is 1. The normalized spacial score (nSPS) is 20.9. The Morgan fingerprint density at radius 2 is 1.90 bits per heavy atom. The van der Waals surface area contributed by atoms with E-state index in [2.05, 4.69) is 50.9 Å². The molecule has 2 fully saturated rings. The third-order valence-corrected chi connectivity index (χ3v) is 6.20. The summed E-state index contributed by atoms with van der Waals surface area (Å²) in [7, 11) is 5.51. The Kier molecular flexibility index (Phi) is 9.04. The van der Waals surface area contributed by atoms with Gasteiger partial charge in [-0.05, 0) is 37.3 Å². The van der Waals surface area contributed by atoms with Crippen LogP contribution in [0.1, 0.15) is 32.1 Å². The summed E-state index contributed by atoms with van der Waals surface area (Å²) in [6.07, 6.45) is 5.36. The number of benzene rings is 1. The SMILES string of the molecule is CN=C(NCC1CCN(c2ccccc2)C1)NCC1(C(=O)N(C)C)CCCC1.I. The predicted molar refractivity (Wildman–Crippen MR) is 131 cm³/mol. The zero-order valence-corrected chi connectivity index (χ0v) is 20.3. The lowest BCUT2D eigenvalue weighted by atomic mass is 9.84. The largest absolute Gasteiger partial charge is 0.371 e. The van der Waals surface area contributed by atoms with Crippen LogP contribution in [0.3, 0.4) is 0 Å². The molecule has 1 atom stereocenters. The summed E-state index contributed by atoms with van der Waals surface area (Å²) in [5.74, 6) is 1.64. The number of rotatable bonds is 6. The van der Waals surface area contributed by atoms with Crippen LogP contribution in [0.15, 0.2) is 35.3 Å². The number of hydrogen-bond acceptors (Lipinski definition) is 3. The zero-order chi connectivity index (χ0) is 20.0. The number of amides is 1. The molecular weight excluding hydrogens is 477 g/mol. The molecule has 3 rings (SSSR count). The number of carbonyl (C=O) groups is 1. The van der Waals surface area contributed by atoms with Gasteiger partial charge in [-0.2, -0.15) is 0 Å². The van der Waals surface area contributed by atoms with Gasteiger partial charge < -0.3 is 20.4 Å². The topological polar surface area (TPSA) is 60.0 Å². The average Bonchev–Trinajstić information content (AvgIpc) is 3.38.